The Morgan fingerprint density at radius 3 is 2.88 bits per heavy atom. The van der Waals surface area contributed by atoms with E-state index < -0.39 is 0 Å². The number of nitrogens with one attached hydrogen (secondary N) is 1. The molecular weight excluding hydrogens is 126 g/mol. The Morgan fingerprint density at radius 1 is 1.88 bits per heavy atom. The number of hydrogen-bond acceptors (Lipinski definition) is 1. The van der Waals surface area contributed by atoms with Crippen molar-refractivity contribution in [3.05, 3.63) is 12.2 Å². The van der Waals surface area contributed by atoms with Crippen LogP contribution in [0.25, 0.3) is 0 Å². The van der Waals surface area contributed by atoms with E-state index >= 15 is 0 Å². The zero-order valence-electron chi connectivity index (χ0n) is 4.65. The highest BCUT2D eigenvalue weighted by molar-refractivity contribution is 6.19. The molecule has 0 heterocycles. The molecule has 0 aromatic heterocycles. The number of alkyl halides is 1. The monoisotopic (exact) mass is 133 g/mol. The third-order valence-electron chi connectivity index (χ3n) is 0.605. The van der Waals surface area contributed by atoms with Gasteiger partial charge in [0.25, 0.3) is 0 Å². The zero-order valence-corrected chi connectivity index (χ0v) is 5.40. The average Bonchev–Trinajstić information content (AvgIpc) is 1.83. The molecule has 0 aliphatic rings. The molecular formula is C5H8ClNO. The molecule has 0 aromatic rings. The minimum Gasteiger partial charge on any atom is -0.356 e. The van der Waals surface area contributed by atoms with Gasteiger partial charge >= 0.3 is 0 Å². The summed E-state index contributed by atoms with van der Waals surface area (Å²) in [6, 6.07) is 0. The normalized spacial score (nSPS) is 9.75. The van der Waals surface area contributed by atoms with Crippen LogP contribution in [0.2, 0.25) is 0 Å². The second-order valence-electron chi connectivity index (χ2n) is 1.17. The molecule has 0 saturated heterocycles. The summed E-state index contributed by atoms with van der Waals surface area (Å²) in [4.78, 5) is 10.3. The lowest BCUT2D eigenvalue weighted by molar-refractivity contribution is -0.116. The maximum Gasteiger partial charge on any atom is 0.243 e. The molecule has 8 heavy (non-hydrogen) atoms. The standard InChI is InChI=1S/C5H8ClNO/c1-7-5(8)3-2-4-6/h2-3H,4H2,1H3,(H,7,8). The van der Waals surface area contributed by atoms with Crippen molar-refractivity contribution < 1.29 is 4.79 Å². The van der Waals surface area contributed by atoms with Crippen LogP contribution in [0, 0.1) is 0 Å². The van der Waals surface area contributed by atoms with Crippen LogP contribution in [0.4, 0.5) is 0 Å². The molecule has 1 amide bonds. The molecule has 0 aliphatic heterocycles. The molecule has 0 spiro atoms. The average molecular weight is 134 g/mol. The molecule has 3 heteroatoms. The van der Waals surface area contributed by atoms with Gasteiger partial charge in [-0.1, -0.05) is 6.08 Å². The van der Waals surface area contributed by atoms with Crippen LogP contribution in [-0.4, -0.2) is 18.8 Å². The summed E-state index contributed by atoms with van der Waals surface area (Å²) >= 11 is 5.24. The molecule has 0 saturated carbocycles. The van der Waals surface area contributed by atoms with Crippen LogP contribution in [-0.2, 0) is 4.79 Å². The van der Waals surface area contributed by atoms with E-state index in [4.69, 9.17) is 11.6 Å². The van der Waals surface area contributed by atoms with E-state index in [2.05, 4.69) is 5.32 Å². The molecule has 0 fully saturated rings. The third-order valence-corrected chi connectivity index (χ3v) is 0.783. The number of halogens is 1. The number of carbonyl (C=O) groups excluding carboxylic acids is 1. The van der Waals surface area contributed by atoms with Crippen molar-refractivity contribution >= 4 is 17.5 Å². The van der Waals surface area contributed by atoms with Crippen molar-refractivity contribution in [2.45, 2.75) is 0 Å². The maximum atomic E-state index is 10.3. The Bertz CT molecular complexity index is 101. The first-order valence-electron chi connectivity index (χ1n) is 2.25. The quantitative estimate of drug-likeness (QED) is 0.432. The molecule has 0 radical (unpaired) electrons. The van der Waals surface area contributed by atoms with Crippen molar-refractivity contribution in [2.75, 3.05) is 12.9 Å². The Labute approximate surface area is 53.5 Å². The predicted molar refractivity (Wildman–Crippen MR) is 33.9 cm³/mol. The van der Waals surface area contributed by atoms with E-state index in [0.29, 0.717) is 5.88 Å². The fourth-order valence-corrected chi connectivity index (χ4v) is 0.324. The first kappa shape index (κ1) is 7.50. The smallest absolute Gasteiger partial charge is 0.243 e. The lowest BCUT2D eigenvalue weighted by Gasteiger charge is -1.85. The largest absolute Gasteiger partial charge is 0.356 e. The van der Waals surface area contributed by atoms with Gasteiger partial charge in [-0.15, -0.1) is 11.6 Å². The fraction of sp³-hybridized carbons (Fsp3) is 0.400. The number of rotatable bonds is 2. The van der Waals surface area contributed by atoms with Gasteiger partial charge in [-0.25, -0.2) is 0 Å². The van der Waals surface area contributed by atoms with Crippen LogP contribution in [0.5, 0.6) is 0 Å². The van der Waals surface area contributed by atoms with Crippen molar-refractivity contribution in [2.24, 2.45) is 0 Å². The molecule has 0 atom stereocenters. The van der Waals surface area contributed by atoms with Crippen LogP contribution in [0.15, 0.2) is 12.2 Å². The second-order valence-corrected chi connectivity index (χ2v) is 1.48. The first-order valence-corrected chi connectivity index (χ1v) is 2.79. The Kier molecular flexibility index (Phi) is 4.36. The summed E-state index contributed by atoms with van der Waals surface area (Å²) in [7, 11) is 1.57. The first-order chi connectivity index (χ1) is 3.81. The molecule has 0 aromatic carbocycles. The Morgan fingerprint density at radius 2 is 2.50 bits per heavy atom. The molecule has 0 bridgehead atoms. The van der Waals surface area contributed by atoms with Gasteiger partial charge in [0.15, 0.2) is 0 Å². The molecule has 0 aliphatic carbocycles. The van der Waals surface area contributed by atoms with Crippen LogP contribution in [0.3, 0.4) is 0 Å². The van der Waals surface area contributed by atoms with Gasteiger partial charge < -0.3 is 5.32 Å². The molecule has 1 N–H and O–H groups in total. The minimum absolute atomic E-state index is 0.120. The Balaban J connectivity index is 3.37. The van der Waals surface area contributed by atoms with E-state index in [1.807, 2.05) is 0 Å². The Hall–Kier alpha value is -0.500. The third kappa shape index (κ3) is 3.68. The van der Waals surface area contributed by atoms with E-state index in [-0.39, 0.29) is 5.91 Å². The number of amides is 1. The number of carbonyl (C=O) groups is 1. The van der Waals surface area contributed by atoms with Gasteiger partial charge in [0.1, 0.15) is 0 Å². The van der Waals surface area contributed by atoms with Crippen molar-refractivity contribution in [1.82, 2.24) is 5.32 Å². The van der Waals surface area contributed by atoms with Gasteiger partial charge in [-0.05, 0) is 0 Å². The van der Waals surface area contributed by atoms with Gasteiger partial charge in [0.2, 0.25) is 5.91 Å². The molecule has 0 unspecified atom stereocenters. The highest BCUT2D eigenvalue weighted by atomic mass is 35.5. The van der Waals surface area contributed by atoms with E-state index in [0.717, 1.165) is 0 Å². The summed E-state index contributed by atoms with van der Waals surface area (Å²) in [5.74, 6) is 0.263. The molecule has 46 valence electrons. The topological polar surface area (TPSA) is 29.1 Å². The summed E-state index contributed by atoms with van der Waals surface area (Å²) in [5.41, 5.74) is 0. The van der Waals surface area contributed by atoms with Crippen LogP contribution < -0.4 is 5.32 Å². The highest BCUT2D eigenvalue weighted by Gasteiger charge is 1.83. The van der Waals surface area contributed by atoms with Gasteiger partial charge in [0.05, 0.1) is 0 Å². The van der Waals surface area contributed by atoms with Crippen molar-refractivity contribution in [3.8, 4) is 0 Å². The minimum atomic E-state index is -0.120. The highest BCUT2D eigenvalue weighted by Crippen LogP contribution is 1.76. The van der Waals surface area contributed by atoms with Gasteiger partial charge in [-0.3, -0.25) is 4.79 Å². The summed E-state index contributed by atoms with van der Waals surface area (Å²) in [6.45, 7) is 0. The molecule has 0 rings (SSSR count). The predicted octanol–water partition coefficient (Wildman–Crippen LogP) is 0.527. The van der Waals surface area contributed by atoms with E-state index in [9.17, 15) is 4.79 Å². The van der Waals surface area contributed by atoms with Crippen LogP contribution in [0.1, 0.15) is 0 Å². The number of allylic oxidation sites excluding steroid dienone is 1. The van der Waals surface area contributed by atoms with E-state index in [1.165, 1.54) is 6.08 Å². The zero-order chi connectivity index (χ0) is 6.41. The lowest BCUT2D eigenvalue weighted by atomic mass is 10.5. The second kappa shape index (κ2) is 4.65. The maximum absolute atomic E-state index is 10.3. The van der Waals surface area contributed by atoms with Crippen LogP contribution >= 0.6 is 11.6 Å². The number of likely N-dealkylation sites (N-methyl/N-ethyl adjacent to an activating group) is 1. The van der Waals surface area contributed by atoms with Crippen molar-refractivity contribution in [1.29, 1.82) is 0 Å². The molecule has 2 nitrogen and oxygen atoms in total. The van der Waals surface area contributed by atoms with Gasteiger partial charge in [-0.2, -0.15) is 0 Å². The summed E-state index contributed by atoms with van der Waals surface area (Å²) < 4.78 is 0. The lowest BCUT2D eigenvalue weighted by Crippen LogP contribution is -2.13. The number of hydrogen-bond donors (Lipinski definition) is 1. The SMILES string of the molecule is CNC(=O)C=CCCl. The summed E-state index contributed by atoms with van der Waals surface area (Å²) in [6.07, 6.45) is 2.98. The van der Waals surface area contributed by atoms with Crippen molar-refractivity contribution in [3.63, 3.8) is 0 Å². The fourth-order valence-electron chi connectivity index (χ4n) is 0.235. The van der Waals surface area contributed by atoms with Gasteiger partial charge in [0, 0.05) is 19.0 Å². The summed E-state index contributed by atoms with van der Waals surface area (Å²) in [5, 5.41) is 2.42. The van der Waals surface area contributed by atoms with E-state index in [1.54, 1.807) is 13.1 Å².